The minimum absolute atomic E-state index is 0.329. The number of furan rings is 1. The van der Waals surface area contributed by atoms with Gasteiger partial charge in [-0.1, -0.05) is 119 Å². The number of benzene rings is 6. The summed E-state index contributed by atoms with van der Waals surface area (Å²) >= 11 is 3.76. The van der Waals surface area contributed by atoms with E-state index in [2.05, 4.69) is 131 Å². The molecule has 1 aromatic heterocycles. The van der Waals surface area contributed by atoms with Crippen molar-refractivity contribution in [2.75, 3.05) is 0 Å². The molecule has 7 aromatic rings. The summed E-state index contributed by atoms with van der Waals surface area (Å²) in [5.41, 5.74) is 14.7. The molecule has 2 heteroatoms. The molecule has 0 saturated heterocycles. The van der Waals surface area contributed by atoms with Crippen LogP contribution in [0.25, 0.3) is 55.3 Å². The highest BCUT2D eigenvalue weighted by atomic mass is 79.9. The lowest BCUT2D eigenvalue weighted by Crippen LogP contribution is -2.25. The lowest BCUT2D eigenvalue weighted by atomic mass is 9.70. The molecule has 0 saturated carbocycles. The second-order valence-corrected chi connectivity index (χ2v) is 11.4. The van der Waals surface area contributed by atoms with Crippen molar-refractivity contribution in [3.63, 3.8) is 0 Å². The van der Waals surface area contributed by atoms with Crippen LogP contribution in [0.3, 0.4) is 0 Å². The van der Waals surface area contributed by atoms with E-state index < -0.39 is 0 Å². The van der Waals surface area contributed by atoms with Gasteiger partial charge in [-0.05, 0) is 79.9 Å². The topological polar surface area (TPSA) is 13.1 Å². The van der Waals surface area contributed by atoms with E-state index in [0.29, 0.717) is 0 Å². The SMILES string of the molecule is Brc1cccc2oc3ccc(-c4cccc5c4-c4ccccc4C54c5ccccc5-c5ccccc54)cc3c12. The fraction of sp³-hybridized carbons (Fsp3) is 0.0270. The molecule has 9 rings (SSSR count). The number of hydrogen-bond acceptors (Lipinski definition) is 1. The molecule has 2 aliphatic carbocycles. The summed E-state index contributed by atoms with van der Waals surface area (Å²) in [6.07, 6.45) is 0. The molecule has 0 fully saturated rings. The molecule has 0 atom stereocenters. The van der Waals surface area contributed by atoms with E-state index in [1.54, 1.807) is 0 Å². The summed E-state index contributed by atoms with van der Waals surface area (Å²) in [6.45, 7) is 0. The third kappa shape index (κ3) is 2.60. The molecule has 6 aromatic carbocycles. The van der Waals surface area contributed by atoms with Crippen LogP contribution in [0, 0.1) is 0 Å². The van der Waals surface area contributed by atoms with Crippen molar-refractivity contribution in [1.82, 2.24) is 0 Å². The summed E-state index contributed by atoms with van der Waals surface area (Å²) in [6, 6.07) is 46.5. The maximum absolute atomic E-state index is 6.20. The van der Waals surface area contributed by atoms with E-state index in [1.165, 1.54) is 55.6 Å². The quantitative estimate of drug-likeness (QED) is 0.194. The number of rotatable bonds is 1. The monoisotopic (exact) mass is 560 g/mol. The Bertz CT molecular complexity index is 2100. The minimum Gasteiger partial charge on any atom is -0.456 e. The van der Waals surface area contributed by atoms with Crippen molar-refractivity contribution < 1.29 is 4.42 Å². The molecule has 0 unspecified atom stereocenters. The molecule has 2 aliphatic rings. The molecule has 182 valence electrons. The Balaban J connectivity index is 1.40. The van der Waals surface area contributed by atoms with Gasteiger partial charge in [0.25, 0.3) is 0 Å². The van der Waals surface area contributed by atoms with E-state index in [0.717, 1.165) is 26.4 Å². The molecule has 39 heavy (non-hydrogen) atoms. The zero-order valence-corrected chi connectivity index (χ0v) is 22.5. The van der Waals surface area contributed by atoms with Crippen LogP contribution in [0.4, 0.5) is 0 Å². The van der Waals surface area contributed by atoms with Gasteiger partial charge in [-0.3, -0.25) is 0 Å². The third-order valence-corrected chi connectivity index (χ3v) is 9.44. The van der Waals surface area contributed by atoms with Crippen LogP contribution in [0.5, 0.6) is 0 Å². The van der Waals surface area contributed by atoms with Crippen molar-refractivity contribution >= 4 is 37.9 Å². The Kier molecular flexibility index (Phi) is 4.19. The summed E-state index contributed by atoms with van der Waals surface area (Å²) in [5.74, 6) is 0. The van der Waals surface area contributed by atoms with E-state index in [-0.39, 0.29) is 5.41 Å². The maximum atomic E-state index is 6.20. The van der Waals surface area contributed by atoms with Gasteiger partial charge in [-0.25, -0.2) is 0 Å². The molecule has 1 spiro atoms. The first-order valence-electron chi connectivity index (χ1n) is 13.3. The smallest absolute Gasteiger partial charge is 0.136 e. The first-order chi connectivity index (χ1) is 19.3. The highest BCUT2D eigenvalue weighted by Gasteiger charge is 2.51. The Morgan fingerprint density at radius 2 is 1.08 bits per heavy atom. The summed E-state index contributed by atoms with van der Waals surface area (Å²) in [5, 5.41) is 2.25. The van der Waals surface area contributed by atoms with Crippen molar-refractivity contribution in [3.05, 3.63) is 154 Å². The lowest BCUT2D eigenvalue weighted by Gasteiger charge is -2.30. The van der Waals surface area contributed by atoms with Crippen molar-refractivity contribution in [3.8, 4) is 33.4 Å². The van der Waals surface area contributed by atoms with Crippen LogP contribution < -0.4 is 0 Å². The van der Waals surface area contributed by atoms with E-state index in [4.69, 9.17) is 4.42 Å². The Morgan fingerprint density at radius 1 is 0.487 bits per heavy atom. The van der Waals surface area contributed by atoms with Crippen LogP contribution in [-0.2, 0) is 5.41 Å². The zero-order valence-electron chi connectivity index (χ0n) is 20.9. The van der Waals surface area contributed by atoms with Gasteiger partial charge >= 0.3 is 0 Å². The first-order valence-corrected chi connectivity index (χ1v) is 14.1. The summed E-state index contributed by atoms with van der Waals surface area (Å²) in [7, 11) is 0. The second-order valence-electron chi connectivity index (χ2n) is 10.5. The van der Waals surface area contributed by atoms with Crippen molar-refractivity contribution in [2.45, 2.75) is 5.41 Å². The second kappa shape index (κ2) is 7.59. The van der Waals surface area contributed by atoms with E-state index >= 15 is 0 Å². The van der Waals surface area contributed by atoms with Gasteiger partial charge < -0.3 is 4.42 Å². The number of fused-ring (bicyclic) bond motifs is 13. The molecule has 0 aliphatic heterocycles. The standard InChI is InChI=1S/C37H21BrO/c38-32-17-8-18-34-36(32)27-21-22(19-20-33(27)39-34)23-12-7-16-31-35(23)26-11-3-6-15-30(26)37(31)28-13-4-1-9-24(28)25-10-2-5-14-29(25)37/h1-21H. The minimum atomic E-state index is -0.329. The molecule has 1 nitrogen and oxygen atoms in total. The summed E-state index contributed by atoms with van der Waals surface area (Å²) in [4.78, 5) is 0. The van der Waals surface area contributed by atoms with Crippen LogP contribution in [0.1, 0.15) is 22.3 Å². The molecule has 0 N–H and O–H groups in total. The van der Waals surface area contributed by atoms with Crippen LogP contribution in [0.2, 0.25) is 0 Å². The van der Waals surface area contributed by atoms with Gasteiger partial charge in [0.1, 0.15) is 11.2 Å². The molecular formula is C37H21BrO. The van der Waals surface area contributed by atoms with Gasteiger partial charge in [0.15, 0.2) is 0 Å². The molecule has 1 heterocycles. The van der Waals surface area contributed by atoms with Gasteiger partial charge in [-0.2, -0.15) is 0 Å². The van der Waals surface area contributed by atoms with Gasteiger partial charge in [0, 0.05) is 15.2 Å². The fourth-order valence-corrected chi connectivity index (χ4v) is 7.90. The Labute approximate surface area is 234 Å². The molecule has 0 bridgehead atoms. The van der Waals surface area contributed by atoms with E-state index in [9.17, 15) is 0 Å². The largest absolute Gasteiger partial charge is 0.456 e. The van der Waals surface area contributed by atoms with Crippen LogP contribution in [-0.4, -0.2) is 0 Å². The average Bonchev–Trinajstić information content (AvgIpc) is 3.61. The number of halogens is 1. The summed E-state index contributed by atoms with van der Waals surface area (Å²) < 4.78 is 7.25. The zero-order chi connectivity index (χ0) is 25.7. The average molecular weight is 561 g/mol. The van der Waals surface area contributed by atoms with Gasteiger partial charge in [-0.15, -0.1) is 0 Å². The lowest BCUT2D eigenvalue weighted by molar-refractivity contribution is 0.669. The van der Waals surface area contributed by atoms with Crippen LogP contribution in [0.15, 0.2) is 136 Å². The maximum Gasteiger partial charge on any atom is 0.136 e. The highest BCUT2D eigenvalue weighted by molar-refractivity contribution is 9.10. The van der Waals surface area contributed by atoms with E-state index in [1.807, 2.05) is 12.1 Å². The molecule has 0 radical (unpaired) electrons. The molecular weight excluding hydrogens is 540 g/mol. The normalized spacial score (nSPS) is 14.0. The predicted octanol–water partition coefficient (Wildman–Crippen LogP) is 10.4. The first kappa shape index (κ1) is 21.5. The Hall–Kier alpha value is -4.40. The third-order valence-electron chi connectivity index (χ3n) is 8.78. The van der Waals surface area contributed by atoms with Crippen molar-refractivity contribution in [1.29, 1.82) is 0 Å². The predicted molar refractivity (Wildman–Crippen MR) is 163 cm³/mol. The molecule has 0 amide bonds. The highest BCUT2D eigenvalue weighted by Crippen LogP contribution is 2.63. The van der Waals surface area contributed by atoms with Gasteiger partial charge in [0.05, 0.1) is 5.41 Å². The van der Waals surface area contributed by atoms with Crippen molar-refractivity contribution in [2.24, 2.45) is 0 Å². The Morgan fingerprint density at radius 3 is 1.82 bits per heavy atom. The fourth-order valence-electron chi connectivity index (χ4n) is 7.34. The van der Waals surface area contributed by atoms with Gasteiger partial charge in [0.2, 0.25) is 0 Å². The number of hydrogen-bond donors (Lipinski definition) is 0. The van der Waals surface area contributed by atoms with Crippen LogP contribution >= 0.6 is 15.9 Å².